The fourth-order valence-corrected chi connectivity index (χ4v) is 2.16. The zero-order valence-corrected chi connectivity index (χ0v) is 13.0. The number of nitrogens with zero attached hydrogens (tertiary/aromatic N) is 1. The van der Waals surface area contributed by atoms with Gasteiger partial charge in [0.25, 0.3) is 5.69 Å². The van der Waals surface area contributed by atoms with Crippen LogP contribution in [0.5, 0.6) is 5.75 Å². The monoisotopic (exact) mass is 356 g/mol. The molecule has 0 aliphatic carbocycles. The van der Waals surface area contributed by atoms with E-state index in [0.29, 0.717) is 5.69 Å². The van der Waals surface area contributed by atoms with E-state index in [1.807, 2.05) is 0 Å². The van der Waals surface area contributed by atoms with Gasteiger partial charge < -0.3 is 10.1 Å². The summed E-state index contributed by atoms with van der Waals surface area (Å²) in [6, 6.07) is 7.86. The van der Waals surface area contributed by atoms with Crippen molar-refractivity contribution in [3.8, 4) is 5.75 Å². The van der Waals surface area contributed by atoms with E-state index in [0.717, 1.165) is 6.07 Å². The van der Waals surface area contributed by atoms with Gasteiger partial charge in [0, 0.05) is 17.3 Å². The van der Waals surface area contributed by atoms with Gasteiger partial charge >= 0.3 is 6.61 Å². The second-order valence-corrected chi connectivity index (χ2v) is 5.10. The second kappa shape index (κ2) is 7.22. The summed E-state index contributed by atoms with van der Waals surface area (Å²) in [5, 5.41) is 13.8. The fraction of sp³-hybridized carbons (Fsp3) is 0.133. The molecule has 9 heteroatoms. The number of benzene rings is 2. The Morgan fingerprint density at radius 1 is 1.29 bits per heavy atom. The molecule has 0 bridgehead atoms. The highest BCUT2D eigenvalue weighted by Crippen LogP contribution is 2.33. The number of carbonyl (C=O) groups is 1. The highest BCUT2D eigenvalue weighted by molar-refractivity contribution is 6.32. The average Bonchev–Trinajstić information content (AvgIpc) is 2.49. The van der Waals surface area contributed by atoms with Crippen LogP contribution in [-0.2, 0) is 0 Å². The molecule has 0 radical (unpaired) electrons. The van der Waals surface area contributed by atoms with Gasteiger partial charge in [-0.15, -0.1) is 0 Å². The van der Waals surface area contributed by atoms with Crippen molar-refractivity contribution in [2.75, 3.05) is 5.32 Å². The minimum atomic E-state index is -3.01. The Hall–Kier alpha value is -2.74. The van der Waals surface area contributed by atoms with Crippen molar-refractivity contribution >= 4 is 34.4 Å². The highest BCUT2D eigenvalue weighted by atomic mass is 35.5. The van der Waals surface area contributed by atoms with E-state index >= 15 is 0 Å². The van der Waals surface area contributed by atoms with E-state index in [9.17, 15) is 23.7 Å². The first kappa shape index (κ1) is 17.6. The number of nitrogens with one attached hydrogen (secondary N) is 1. The topological polar surface area (TPSA) is 81.5 Å². The quantitative estimate of drug-likeness (QED) is 0.457. The standard InChI is InChI=1S/C15H11ClF2N2O4/c1-8(21)9-2-4-12(13(6-9)20(22)23)19-10-3-5-14(11(16)7-10)24-15(17)18/h2-7,15,19H,1H3. The summed E-state index contributed by atoms with van der Waals surface area (Å²) in [6.07, 6.45) is 0. The lowest BCUT2D eigenvalue weighted by Crippen LogP contribution is -2.03. The molecule has 0 spiro atoms. The van der Waals surface area contributed by atoms with Crippen LogP contribution >= 0.6 is 11.6 Å². The molecule has 0 amide bonds. The van der Waals surface area contributed by atoms with Gasteiger partial charge in [-0.1, -0.05) is 11.6 Å². The number of nitro groups is 1. The maximum atomic E-state index is 12.2. The molecule has 24 heavy (non-hydrogen) atoms. The Balaban J connectivity index is 2.32. The van der Waals surface area contributed by atoms with E-state index in [-0.39, 0.29) is 33.5 Å². The number of ketones is 1. The molecular formula is C15H11ClF2N2O4. The number of alkyl halides is 2. The van der Waals surface area contributed by atoms with Crippen LogP contribution in [0.3, 0.4) is 0 Å². The molecule has 0 saturated heterocycles. The molecule has 0 aliphatic rings. The first-order valence-electron chi connectivity index (χ1n) is 6.58. The molecule has 0 aliphatic heterocycles. The van der Waals surface area contributed by atoms with E-state index in [1.165, 1.54) is 37.3 Å². The van der Waals surface area contributed by atoms with Crippen LogP contribution in [0.1, 0.15) is 17.3 Å². The second-order valence-electron chi connectivity index (χ2n) is 4.69. The lowest BCUT2D eigenvalue weighted by Gasteiger charge is -2.11. The first-order chi connectivity index (χ1) is 11.3. The molecule has 0 heterocycles. The molecule has 1 N–H and O–H groups in total. The number of nitro benzene ring substituents is 1. The zero-order valence-electron chi connectivity index (χ0n) is 12.3. The number of ether oxygens (including phenoxy) is 1. The summed E-state index contributed by atoms with van der Waals surface area (Å²) in [5.74, 6) is -0.514. The lowest BCUT2D eigenvalue weighted by atomic mass is 10.1. The van der Waals surface area contributed by atoms with Crippen molar-refractivity contribution in [2.24, 2.45) is 0 Å². The summed E-state index contributed by atoms with van der Waals surface area (Å²) in [5.41, 5.74) is 0.363. The van der Waals surface area contributed by atoms with Crippen molar-refractivity contribution in [3.63, 3.8) is 0 Å². The number of hydrogen-bond acceptors (Lipinski definition) is 5. The molecule has 2 aromatic carbocycles. The minimum Gasteiger partial charge on any atom is -0.433 e. The average molecular weight is 357 g/mol. The summed E-state index contributed by atoms with van der Waals surface area (Å²) < 4.78 is 28.6. The number of anilines is 2. The van der Waals surface area contributed by atoms with Gasteiger partial charge in [0.1, 0.15) is 11.4 Å². The summed E-state index contributed by atoms with van der Waals surface area (Å²) in [7, 11) is 0. The molecule has 2 rings (SSSR count). The van der Waals surface area contributed by atoms with Gasteiger partial charge in [0.05, 0.1) is 9.95 Å². The third-order valence-corrected chi connectivity index (χ3v) is 3.32. The van der Waals surface area contributed by atoms with Crippen LogP contribution in [0.4, 0.5) is 25.8 Å². The molecule has 0 saturated carbocycles. The molecule has 2 aromatic rings. The van der Waals surface area contributed by atoms with Gasteiger partial charge in [-0.25, -0.2) is 0 Å². The van der Waals surface area contributed by atoms with Gasteiger partial charge in [-0.3, -0.25) is 14.9 Å². The number of rotatable bonds is 6. The van der Waals surface area contributed by atoms with Crippen LogP contribution in [0.15, 0.2) is 36.4 Å². The molecule has 0 aromatic heterocycles. The van der Waals surface area contributed by atoms with Gasteiger partial charge in [-0.05, 0) is 37.3 Å². The van der Waals surface area contributed by atoms with Crippen molar-refractivity contribution in [3.05, 3.63) is 57.1 Å². The summed E-state index contributed by atoms with van der Waals surface area (Å²) >= 11 is 5.83. The van der Waals surface area contributed by atoms with Crippen molar-refractivity contribution < 1.29 is 23.2 Å². The van der Waals surface area contributed by atoms with Crippen LogP contribution in [-0.4, -0.2) is 17.3 Å². The first-order valence-corrected chi connectivity index (χ1v) is 6.96. The van der Waals surface area contributed by atoms with Crippen molar-refractivity contribution in [2.45, 2.75) is 13.5 Å². The van der Waals surface area contributed by atoms with Gasteiger partial charge in [0.15, 0.2) is 5.78 Å². The maximum Gasteiger partial charge on any atom is 0.387 e. The minimum absolute atomic E-state index is 0.0803. The summed E-state index contributed by atoms with van der Waals surface area (Å²) in [4.78, 5) is 21.8. The lowest BCUT2D eigenvalue weighted by molar-refractivity contribution is -0.383. The molecular weight excluding hydrogens is 346 g/mol. The van der Waals surface area contributed by atoms with Crippen molar-refractivity contribution in [1.29, 1.82) is 0 Å². The van der Waals surface area contributed by atoms with Crippen LogP contribution in [0, 0.1) is 10.1 Å². The SMILES string of the molecule is CC(=O)c1ccc(Nc2ccc(OC(F)F)c(Cl)c2)c([N+](=O)[O-])c1. The number of Topliss-reactive ketones (excluding diaryl/α,β-unsaturated/α-hetero) is 1. The van der Waals surface area contributed by atoms with Crippen LogP contribution in [0.2, 0.25) is 5.02 Å². The fourth-order valence-electron chi connectivity index (χ4n) is 1.93. The third kappa shape index (κ3) is 4.17. The highest BCUT2D eigenvalue weighted by Gasteiger charge is 2.17. The van der Waals surface area contributed by atoms with E-state index in [4.69, 9.17) is 11.6 Å². The summed E-state index contributed by atoms with van der Waals surface area (Å²) in [6.45, 7) is -1.71. The zero-order chi connectivity index (χ0) is 17.9. The maximum absolute atomic E-state index is 12.2. The number of carbonyl (C=O) groups excluding carboxylic acids is 1. The molecule has 126 valence electrons. The van der Waals surface area contributed by atoms with Gasteiger partial charge in [0.2, 0.25) is 0 Å². The van der Waals surface area contributed by atoms with E-state index < -0.39 is 11.5 Å². The normalized spacial score (nSPS) is 10.5. The smallest absolute Gasteiger partial charge is 0.387 e. The van der Waals surface area contributed by atoms with Gasteiger partial charge in [-0.2, -0.15) is 8.78 Å². The third-order valence-electron chi connectivity index (χ3n) is 3.03. The predicted octanol–water partition coefficient (Wildman–Crippen LogP) is 4.80. The molecule has 0 unspecified atom stereocenters. The largest absolute Gasteiger partial charge is 0.433 e. The Kier molecular flexibility index (Phi) is 5.30. The Labute approximate surface area is 140 Å². The molecule has 0 atom stereocenters. The number of halogens is 3. The predicted molar refractivity (Wildman–Crippen MR) is 84.5 cm³/mol. The van der Waals surface area contributed by atoms with Crippen LogP contribution < -0.4 is 10.1 Å². The Bertz CT molecular complexity index is 799. The molecule has 6 nitrogen and oxygen atoms in total. The Morgan fingerprint density at radius 3 is 2.54 bits per heavy atom. The van der Waals surface area contributed by atoms with E-state index in [1.54, 1.807) is 0 Å². The Morgan fingerprint density at radius 2 is 2.00 bits per heavy atom. The molecule has 0 fully saturated rings. The van der Waals surface area contributed by atoms with Crippen molar-refractivity contribution in [1.82, 2.24) is 0 Å². The van der Waals surface area contributed by atoms with Crippen LogP contribution in [0.25, 0.3) is 0 Å². The van der Waals surface area contributed by atoms with E-state index in [2.05, 4.69) is 10.1 Å². The number of hydrogen-bond donors (Lipinski definition) is 1.